The first-order valence-corrected chi connectivity index (χ1v) is 13.0. The zero-order chi connectivity index (χ0) is 22.6. The first-order chi connectivity index (χ1) is 14.6. The predicted octanol–water partition coefficient (Wildman–Crippen LogP) is 5.20. The number of nitrogens with one attached hydrogen (secondary N) is 1. The Hall–Kier alpha value is -1.99. The molecular formula is C24H30N3O2S2+. The van der Waals surface area contributed by atoms with Crippen molar-refractivity contribution in [2.24, 2.45) is 0 Å². The van der Waals surface area contributed by atoms with Gasteiger partial charge in [-0.2, -0.15) is 0 Å². The zero-order valence-electron chi connectivity index (χ0n) is 19.3. The van der Waals surface area contributed by atoms with Gasteiger partial charge in [-0.15, -0.1) is 0 Å². The van der Waals surface area contributed by atoms with Crippen molar-refractivity contribution >= 4 is 38.4 Å². The average molecular weight is 457 g/mol. The summed E-state index contributed by atoms with van der Waals surface area (Å²) in [5, 5.41) is 0. The molecule has 164 valence electrons. The molecule has 0 spiro atoms. The number of rotatable bonds is 6. The minimum absolute atomic E-state index is 0.260. The van der Waals surface area contributed by atoms with Gasteiger partial charge in [0.15, 0.2) is 11.3 Å². The molecule has 0 unspecified atom stereocenters. The van der Waals surface area contributed by atoms with Crippen molar-refractivity contribution < 1.29 is 14.1 Å². The summed E-state index contributed by atoms with van der Waals surface area (Å²) in [6.45, 7) is 12.3. The molecule has 5 nitrogen and oxygen atoms in total. The van der Waals surface area contributed by atoms with Gasteiger partial charge in [-0.1, -0.05) is 33.5 Å². The van der Waals surface area contributed by atoms with Gasteiger partial charge < -0.3 is 4.74 Å². The molecule has 1 N–H and O–H groups in total. The van der Waals surface area contributed by atoms with Crippen LogP contribution >= 0.6 is 21.6 Å². The van der Waals surface area contributed by atoms with E-state index < -0.39 is 10.8 Å². The molecule has 3 aromatic rings. The lowest BCUT2D eigenvalue weighted by Gasteiger charge is -2.21. The molecule has 2 heterocycles. The normalized spacial score (nSPS) is 16.7. The molecule has 4 rings (SSSR count). The number of nitrogens with zero attached hydrogens (tertiary/aromatic N) is 2. The SMILES string of the molecule is CCSSCc1c(C)c(OC)cc[n+]1-c1nc2cc3c(cc2[nH]1)C(C)(C)C(=O)C3(C)C. The second-order valence-corrected chi connectivity index (χ2v) is 11.8. The minimum atomic E-state index is -0.505. The highest BCUT2D eigenvalue weighted by Gasteiger charge is 2.50. The Bertz CT molecular complexity index is 1130. The molecule has 0 saturated carbocycles. The molecule has 0 bridgehead atoms. The van der Waals surface area contributed by atoms with Crippen molar-refractivity contribution in [3.63, 3.8) is 0 Å². The molecule has 0 amide bonds. The predicted molar refractivity (Wildman–Crippen MR) is 129 cm³/mol. The number of H-pyrrole nitrogens is 1. The Morgan fingerprint density at radius 1 is 1.13 bits per heavy atom. The van der Waals surface area contributed by atoms with Crippen LogP contribution in [0.2, 0.25) is 0 Å². The van der Waals surface area contributed by atoms with Crippen molar-refractivity contribution in [2.75, 3.05) is 12.9 Å². The summed E-state index contributed by atoms with van der Waals surface area (Å²) in [5.41, 5.74) is 5.29. The summed E-state index contributed by atoms with van der Waals surface area (Å²) in [7, 11) is 5.39. The molecule has 0 fully saturated rings. The van der Waals surface area contributed by atoms with Gasteiger partial charge in [0, 0.05) is 28.2 Å². The number of fused-ring (bicyclic) bond motifs is 2. The second-order valence-electron chi connectivity index (χ2n) is 9.05. The van der Waals surface area contributed by atoms with Crippen LogP contribution in [0, 0.1) is 6.92 Å². The fraction of sp³-hybridized carbons (Fsp3) is 0.458. The Labute approximate surface area is 191 Å². The van der Waals surface area contributed by atoms with E-state index in [0.29, 0.717) is 0 Å². The zero-order valence-corrected chi connectivity index (χ0v) is 20.9. The molecule has 1 aliphatic rings. The number of aromatic amines is 1. The smallest absolute Gasteiger partial charge is 0.402 e. The van der Waals surface area contributed by atoms with Gasteiger partial charge in [0.25, 0.3) is 0 Å². The lowest BCUT2D eigenvalue weighted by atomic mass is 9.80. The highest BCUT2D eigenvalue weighted by atomic mass is 33.1. The van der Waals surface area contributed by atoms with E-state index in [-0.39, 0.29) is 5.78 Å². The maximum atomic E-state index is 13.0. The van der Waals surface area contributed by atoms with Crippen molar-refractivity contribution in [2.45, 2.75) is 58.1 Å². The Kier molecular flexibility index (Phi) is 5.63. The van der Waals surface area contributed by atoms with E-state index in [0.717, 1.165) is 56.6 Å². The van der Waals surface area contributed by atoms with E-state index in [1.54, 1.807) is 7.11 Å². The summed E-state index contributed by atoms with van der Waals surface area (Å²) < 4.78 is 7.68. The minimum Gasteiger partial charge on any atom is -0.496 e. The van der Waals surface area contributed by atoms with Crippen LogP contribution in [0.15, 0.2) is 24.4 Å². The number of benzene rings is 1. The van der Waals surface area contributed by atoms with E-state index in [4.69, 9.17) is 9.72 Å². The summed E-state index contributed by atoms with van der Waals surface area (Å²) in [5.74, 6) is 3.84. The summed E-state index contributed by atoms with van der Waals surface area (Å²) in [6.07, 6.45) is 2.02. The van der Waals surface area contributed by atoms with E-state index in [2.05, 4.69) is 35.5 Å². The number of Topliss-reactive ketones (excluding diaryl/α,β-unsaturated/α-hetero) is 1. The van der Waals surface area contributed by atoms with E-state index in [9.17, 15) is 4.79 Å². The van der Waals surface area contributed by atoms with Gasteiger partial charge in [0.1, 0.15) is 17.0 Å². The Morgan fingerprint density at radius 2 is 1.81 bits per heavy atom. The third-order valence-electron chi connectivity index (χ3n) is 6.40. The van der Waals surface area contributed by atoms with Crippen molar-refractivity contribution in [1.29, 1.82) is 0 Å². The van der Waals surface area contributed by atoms with E-state index >= 15 is 0 Å². The van der Waals surface area contributed by atoms with Crippen LogP contribution < -0.4 is 9.30 Å². The molecule has 1 aliphatic carbocycles. The molecule has 0 saturated heterocycles. The van der Waals surface area contributed by atoms with Crippen molar-refractivity contribution in [3.05, 3.63) is 46.8 Å². The maximum absolute atomic E-state index is 13.0. The number of imidazole rings is 1. The number of pyridine rings is 1. The van der Waals surface area contributed by atoms with Crippen LogP contribution in [-0.4, -0.2) is 28.6 Å². The molecule has 0 aliphatic heterocycles. The maximum Gasteiger partial charge on any atom is 0.402 e. The monoisotopic (exact) mass is 456 g/mol. The average Bonchev–Trinajstić information content (AvgIpc) is 3.20. The van der Waals surface area contributed by atoms with Crippen LogP contribution in [0.3, 0.4) is 0 Å². The highest BCUT2D eigenvalue weighted by molar-refractivity contribution is 8.76. The van der Waals surface area contributed by atoms with E-state index in [1.807, 2.05) is 61.5 Å². The fourth-order valence-corrected chi connectivity index (χ4v) is 6.48. The number of methoxy groups -OCH3 is 1. The largest absolute Gasteiger partial charge is 0.496 e. The van der Waals surface area contributed by atoms with Gasteiger partial charge in [0.2, 0.25) is 0 Å². The molecule has 7 heteroatoms. The lowest BCUT2D eigenvalue weighted by molar-refractivity contribution is -0.610. The highest BCUT2D eigenvalue weighted by Crippen LogP contribution is 2.47. The third kappa shape index (κ3) is 3.46. The van der Waals surface area contributed by atoms with Crippen LogP contribution in [0.4, 0.5) is 0 Å². The van der Waals surface area contributed by atoms with Gasteiger partial charge in [-0.25, -0.2) is 9.55 Å². The Morgan fingerprint density at radius 3 is 2.45 bits per heavy atom. The topological polar surface area (TPSA) is 58.9 Å². The number of ether oxygens (including phenoxy) is 1. The van der Waals surface area contributed by atoms with Gasteiger partial charge in [0.05, 0.1) is 19.1 Å². The molecule has 1 aromatic carbocycles. The standard InChI is InChI=1S/C24H30N3O2S2/c1-8-30-31-13-19-14(2)20(29-7)9-10-27(19)22-25-17-11-15-16(12-18(17)26-22)24(5,6)21(28)23(15,3)4/h9-12H,8,13H2,1-7H3,(H,25,26)/q+1. The molecule has 0 radical (unpaired) electrons. The van der Waals surface area contributed by atoms with Crippen molar-refractivity contribution in [1.82, 2.24) is 9.97 Å². The molecular weight excluding hydrogens is 426 g/mol. The molecule has 2 aromatic heterocycles. The molecule has 31 heavy (non-hydrogen) atoms. The Balaban J connectivity index is 1.86. The summed E-state index contributed by atoms with van der Waals surface area (Å²) in [6, 6.07) is 6.19. The quantitative estimate of drug-likeness (QED) is 0.314. The van der Waals surface area contributed by atoms with Crippen LogP contribution in [0.1, 0.15) is 57.0 Å². The number of carbonyl (C=O) groups excluding carboxylic acids is 1. The third-order valence-corrected chi connectivity index (χ3v) is 8.76. The number of carbonyl (C=O) groups is 1. The number of hydrogen-bond acceptors (Lipinski definition) is 5. The van der Waals surface area contributed by atoms with Gasteiger partial charge in [-0.3, -0.25) is 4.79 Å². The van der Waals surface area contributed by atoms with Gasteiger partial charge >= 0.3 is 5.95 Å². The van der Waals surface area contributed by atoms with Crippen LogP contribution in [0.5, 0.6) is 5.75 Å². The molecule has 0 atom stereocenters. The second kappa shape index (κ2) is 7.85. The number of ketones is 1. The number of hydrogen-bond donors (Lipinski definition) is 1. The summed E-state index contributed by atoms with van der Waals surface area (Å²) >= 11 is 0. The van der Waals surface area contributed by atoms with E-state index in [1.165, 1.54) is 0 Å². The van der Waals surface area contributed by atoms with Crippen LogP contribution in [-0.2, 0) is 21.4 Å². The first-order valence-electron chi connectivity index (χ1n) is 10.6. The van der Waals surface area contributed by atoms with Gasteiger partial charge in [-0.05, 0) is 57.9 Å². The summed E-state index contributed by atoms with van der Waals surface area (Å²) in [4.78, 5) is 21.4. The lowest BCUT2D eigenvalue weighted by Crippen LogP contribution is -2.37. The number of aromatic nitrogens is 3. The fourth-order valence-electron chi connectivity index (χ4n) is 4.68. The van der Waals surface area contributed by atoms with Crippen molar-refractivity contribution in [3.8, 4) is 11.7 Å². The van der Waals surface area contributed by atoms with Crippen LogP contribution in [0.25, 0.3) is 17.0 Å². The first kappa shape index (κ1) is 22.2.